The molecule has 0 aromatic heterocycles. The van der Waals surface area contributed by atoms with E-state index in [4.69, 9.17) is 0 Å². The van der Waals surface area contributed by atoms with E-state index in [2.05, 4.69) is 15.8 Å². The Bertz CT molecular complexity index is 594. The number of benzene rings is 1. The number of urea groups is 1. The molecule has 0 aliphatic carbocycles. The Balaban J connectivity index is 1.94. The molecule has 1 aromatic carbocycles. The number of nitrogens with one attached hydrogen (secondary N) is 2. The zero-order valence-corrected chi connectivity index (χ0v) is 10.6. The van der Waals surface area contributed by atoms with Crippen molar-refractivity contribution in [1.29, 1.82) is 0 Å². The third-order valence-electron chi connectivity index (χ3n) is 3.41. The Morgan fingerprint density at radius 3 is 2.84 bits per heavy atom. The number of hydrazone groups is 1. The van der Waals surface area contributed by atoms with Gasteiger partial charge in [-0.1, -0.05) is 6.07 Å². The molecule has 0 saturated carbocycles. The topological polar surface area (TPSA) is 73.8 Å². The van der Waals surface area contributed by atoms with Crippen molar-refractivity contribution in [2.45, 2.75) is 19.4 Å². The molecule has 1 aromatic rings. The number of hydrogen-bond acceptors (Lipinski definition) is 3. The number of carbonyl (C=O) groups excluding carboxylic acids is 2. The third kappa shape index (κ3) is 2.05. The molecule has 98 valence electrons. The van der Waals surface area contributed by atoms with E-state index in [1.54, 1.807) is 11.9 Å². The number of nitrogens with zero attached hydrogens (tertiary/aromatic N) is 2. The van der Waals surface area contributed by atoms with Crippen LogP contribution in [0.4, 0.5) is 10.5 Å². The predicted molar refractivity (Wildman–Crippen MR) is 71.0 cm³/mol. The molecular weight excluding hydrogens is 244 g/mol. The lowest BCUT2D eigenvalue weighted by Gasteiger charge is -2.27. The lowest BCUT2D eigenvalue weighted by Crippen LogP contribution is -2.41. The third-order valence-corrected chi connectivity index (χ3v) is 3.41. The van der Waals surface area contributed by atoms with Crippen LogP contribution in [0, 0.1) is 0 Å². The highest BCUT2D eigenvalue weighted by Gasteiger charge is 2.21. The van der Waals surface area contributed by atoms with Crippen molar-refractivity contribution in [3.8, 4) is 0 Å². The van der Waals surface area contributed by atoms with Gasteiger partial charge < -0.3 is 5.32 Å². The second kappa shape index (κ2) is 4.38. The Labute approximate surface area is 110 Å². The van der Waals surface area contributed by atoms with E-state index in [-0.39, 0.29) is 11.9 Å². The van der Waals surface area contributed by atoms with Gasteiger partial charge in [0.05, 0.1) is 11.4 Å². The summed E-state index contributed by atoms with van der Waals surface area (Å²) in [6, 6.07) is 5.77. The maximum Gasteiger partial charge on any atom is 0.321 e. The second-order valence-electron chi connectivity index (χ2n) is 4.65. The van der Waals surface area contributed by atoms with E-state index in [0.29, 0.717) is 19.4 Å². The van der Waals surface area contributed by atoms with Gasteiger partial charge in [-0.3, -0.25) is 9.69 Å². The van der Waals surface area contributed by atoms with Crippen LogP contribution in [0.5, 0.6) is 0 Å². The number of rotatable bonds is 1. The summed E-state index contributed by atoms with van der Waals surface area (Å²) < 4.78 is 0. The van der Waals surface area contributed by atoms with Crippen LogP contribution in [-0.4, -0.2) is 24.7 Å². The summed E-state index contributed by atoms with van der Waals surface area (Å²) >= 11 is 0. The fourth-order valence-corrected chi connectivity index (χ4v) is 2.32. The van der Waals surface area contributed by atoms with Crippen LogP contribution in [0.1, 0.15) is 24.0 Å². The molecule has 0 fully saturated rings. The molecule has 6 nitrogen and oxygen atoms in total. The molecule has 2 aliphatic rings. The zero-order chi connectivity index (χ0) is 13.4. The number of anilines is 1. The lowest BCUT2D eigenvalue weighted by molar-refractivity contribution is -0.121. The van der Waals surface area contributed by atoms with Crippen LogP contribution >= 0.6 is 0 Å². The van der Waals surface area contributed by atoms with Gasteiger partial charge in [-0.2, -0.15) is 5.10 Å². The molecule has 0 spiro atoms. The molecule has 2 heterocycles. The molecular formula is C13H14N4O2. The number of hydrogen-bond donors (Lipinski definition) is 2. The Hall–Kier alpha value is -2.37. The fourth-order valence-electron chi connectivity index (χ4n) is 2.32. The molecule has 2 N–H and O–H groups in total. The lowest BCUT2D eigenvalue weighted by atomic mass is 10.00. The predicted octanol–water partition coefficient (Wildman–Crippen LogP) is 0.960. The van der Waals surface area contributed by atoms with Gasteiger partial charge in [-0.05, 0) is 23.3 Å². The minimum absolute atomic E-state index is 0.0475. The summed E-state index contributed by atoms with van der Waals surface area (Å²) in [4.78, 5) is 24.2. The Morgan fingerprint density at radius 2 is 2.11 bits per heavy atom. The van der Waals surface area contributed by atoms with Crippen molar-refractivity contribution in [2.24, 2.45) is 5.10 Å². The fraction of sp³-hybridized carbons (Fsp3) is 0.308. The van der Waals surface area contributed by atoms with E-state index >= 15 is 0 Å². The summed E-state index contributed by atoms with van der Waals surface area (Å²) in [5.41, 5.74) is 6.33. The van der Waals surface area contributed by atoms with E-state index < -0.39 is 0 Å². The van der Waals surface area contributed by atoms with Crippen molar-refractivity contribution < 1.29 is 9.59 Å². The summed E-state index contributed by atoms with van der Waals surface area (Å²) in [5.74, 6) is -0.0475. The minimum atomic E-state index is -0.0949. The molecule has 0 atom stereocenters. The summed E-state index contributed by atoms with van der Waals surface area (Å²) in [6.07, 6.45) is 1.11. The van der Waals surface area contributed by atoms with Crippen LogP contribution < -0.4 is 15.6 Å². The standard InChI is InChI=1S/C13H14N4O2/c1-17-11-4-2-8(6-9(11)7-14-13(17)19)10-3-5-12(18)16-15-10/h2,4,6H,3,5,7H2,1H3,(H,14,19)(H,16,18). The molecule has 3 rings (SSSR count). The quantitative estimate of drug-likeness (QED) is 0.787. The maximum absolute atomic E-state index is 11.5. The first-order chi connectivity index (χ1) is 9.15. The maximum atomic E-state index is 11.5. The van der Waals surface area contributed by atoms with Gasteiger partial charge in [-0.15, -0.1) is 0 Å². The van der Waals surface area contributed by atoms with Gasteiger partial charge in [0, 0.05) is 26.4 Å². The zero-order valence-electron chi connectivity index (χ0n) is 10.6. The van der Waals surface area contributed by atoms with Crippen molar-refractivity contribution >= 4 is 23.3 Å². The van der Waals surface area contributed by atoms with Gasteiger partial charge in [0.1, 0.15) is 0 Å². The van der Waals surface area contributed by atoms with Crippen LogP contribution in [0.2, 0.25) is 0 Å². The normalized spacial score (nSPS) is 18.4. The van der Waals surface area contributed by atoms with Crippen molar-refractivity contribution in [3.63, 3.8) is 0 Å². The van der Waals surface area contributed by atoms with Gasteiger partial charge >= 0.3 is 6.03 Å². The van der Waals surface area contributed by atoms with E-state index in [1.165, 1.54) is 0 Å². The van der Waals surface area contributed by atoms with Gasteiger partial charge in [0.15, 0.2) is 0 Å². The number of carbonyl (C=O) groups is 2. The molecule has 0 radical (unpaired) electrons. The molecule has 2 aliphatic heterocycles. The number of fused-ring (bicyclic) bond motifs is 1. The highest BCUT2D eigenvalue weighted by molar-refractivity contribution is 6.05. The first-order valence-electron chi connectivity index (χ1n) is 6.15. The van der Waals surface area contributed by atoms with E-state index in [0.717, 1.165) is 22.5 Å². The molecule has 0 unspecified atom stereocenters. The first kappa shape index (κ1) is 11.7. The van der Waals surface area contributed by atoms with Gasteiger partial charge in [0.25, 0.3) is 0 Å². The van der Waals surface area contributed by atoms with E-state index in [9.17, 15) is 9.59 Å². The van der Waals surface area contributed by atoms with Crippen LogP contribution in [0.25, 0.3) is 0 Å². The molecule has 6 heteroatoms. The van der Waals surface area contributed by atoms with Crippen LogP contribution in [0.3, 0.4) is 0 Å². The SMILES string of the molecule is CN1C(=O)NCc2cc(C3=NNC(=O)CC3)ccc21. The van der Waals surface area contributed by atoms with E-state index in [1.807, 2.05) is 18.2 Å². The first-order valence-corrected chi connectivity index (χ1v) is 6.15. The molecule has 0 bridgehead atoms. The Kier molecular flexibility index (Phi) is 2.70. The van der Waals surface area contributed by atoms with Crippen molar-refractivity contribution in [2.75, 3.05) is 11.9 Å². The highest BCUT2D eigenvalue weighted by Crippen LogP contribution is 2.25. The number of amides is 3. The molecule has 19 heavy (non-hydrogen) atoms. The molecule has 0 saturated heterocycles. The van der Waals surface area contributed by atoms with Crippen molar-refractivity contribution in [1.82, 2.24) is 10.7 Å². The minimum Gasteiger partial charge on any atom is -0.334 e. The highest BCUT2D eigenvalue weighted by atomic mass is 16.2. The summed E-state index contributed by atoms with van der Waals surface area (Å²) in [6.45, 7) is 0.520. The van der Waals surface area contributed by atoms with Crippen LogP contribution in [0.15, 0.2) is 23.3 Å². The van der Waals surface area contributed by atoms with Crippen LogP contribution in [-0.2, 0) is 11.3 Å². The molecule has 3 amide bonds. The monoisotopic (exact) mass is 258 g/mol. The second-order valence-corrected chi connectivity index (χ2v) is 4.65. The average Bonchev–Trinajstić information content (AvgIpc) is 2.43. The summed E-state index contributed by atoms with van der Waals surface area (Å²) in [7, 11) is 1.74. The van der Waals surface area contributed by atoms with Crippen molar-refractivity contribution in [3.05, 3.63) is 29.3 Å². The largest absolute Gasteiger partial charge is 0.334 e. The summed E-state index contributed by atoms with van der Waals surface area (Å²) in [5, 5.41) is 6.88. The Morgan fingerprint density at radius 1 is 1.26 bits per heavy atom. The average molecular weight is 258 g/mol. The van der Waals surface area contributed by atoms with Gasteiger partial charge in [0.2, 0.25) is 5.91 Å². The smallest absolute Gasteiger partial charge is 0.321 e. The van der Waals surface area contributed by atoms with Gasteiger partial charge in [-0.25, -0.2) is 10.2 Å².